The van der Waals surface area contributed by atoms with Crippen LogP contribution in [0.4, 0.5) is 0 Å². The first-order valence-electron chi connectivity index (χ1n) is 5.79. The number of carbonyl (C=O) groups is 1. The first-order valence-corrected chi connectivity index (χ1v) is 6.55. The normalized spacial score (nSPS) is 29.2. The third-order valence-electron chi connectivity index (χ3n) is 2.73. The Labute approximate surface area is 112 Å². The van der Waals surface area contributed by atoms with Gasteiger partial charge in [-0.05, 0) is 19.8 Å². The number of hydrogen-bond acceptors (Lipinski definition) is 4. The van der Waals surface area contributed by atoms with E-state index in [0.717, 1.165) is 19.1 Å². The van der Waals surface area contributed by atoms with Gasteiger partial charge in [0.05, 0.1) is 6.10 Å². The fraction of sp³-hybridized carbons (Fsp3) is 0.667. The lowest BCUT2D eigenvalue weighted by Crippen LogP contribution is -2.36. The molecular formula is C12H19ClN2O3. The molecule has 2 atom stereocenters. The Hall–Kier alpha value is -1.07. The van der Waals surface area contributed by atoms with Crippen LogP contribution in [0.5, 0.6) is 0 Å². The van der Waals surface area contributed by atoms with Crippen molar-refractivity contribution in [3.8, 4) is 0 Å². The van der Waals surface area contributed by atoms with Crippen LogP contribution in [-0.4, -0.2) is 49.6 Å². The zero-order chi connectivity index (χ0) is 13.5. The van der Waals surface area contributed by atoms with Crippen molar-refractivity contribution < 1.29 is 14.3 Å². The molecule has 2 unspecified atom stereocenters. The van der Waals surface area contributed by atoms with Crippen molar-refractivity contribution in [1.82, 2.24) is 4.90 Å². The molecule has 2 aliphatic heterocycles. The minimum atomic E-state index is -0.0545. The first kappa shape index (κ1) is 15.0. The van der Waals surface area contributed by atoms with Gasteiger partial charge < -0.3 is 9.47 Å². The molecule has 0 spiro atoms. The molecule has 2 saturated heterocycles. The van der Waals surface area contributed by atoms with Gasteiger partial charge in [-0.15, -0.1) is 11.6 Å². The number of hydrogen-bond donors (Lipinski definition) is 0. The third-order valence-corrected chi connectivity index (χ3v) is 2.73. The van der Waals surface area contributed by atoms with Gasteiger partial charge in [-0.2, -0.15) is 0 Å². The van der Waals surface area contributed by atoms with Crippen LogP contribution in [0, 0.1) is 0 Å². The SMILES string of the molecule is CCl.CN=C1OCC2CCC(O2)N1/C=C(/C)C=O. The number of aliphatic imine (C=N–C) groups is 1. The molecular weight excluding hydrogens is 256 g/mol. The molecule has 5 nitrogen and oxygen atoms in total. The Kier molecular flexibility index (Phi) is 6.15. The highest BCUT2D eigenvalue weighted by atomic mass is 35.5. The Balaban J connectivity index is 0.000000771. The quantitative estimate of drug-likeness (QED) is 0.437. The zero-order valence-electron chi connectivity index (χ0n) is 10.9. The third kappa shape index (κ3) is 3.46. The molecule has 2 heterocycles. The number of halogens is 1. The topological polar surface area (TPSA) is 51.1 Å². The van der Waals surface area contributed by atoms with Crippen LogP contribution >= 0.6 is 11.6 Å². The second-order valence-electron chi connectivity index (χ2n) is 4.01. The van der Waals surface area contributed by atoms with Crippen molar-refractivity contribution in [1.29, 1.82) is 0 Å². The molecule has 0 aromatic heterocycles. The van der Waals surface area contributed by atoms with Gasteiger partial charge in [-0.1, -0.05) is 0 Å². The molecule has 2 fully saturated rings. The molecule has 0 radical (unpaired) electrons. The van der Waals surface area contributed by atoms with E-state index in [1.165, 1.54) is 6.38 Å². The Morgan fingerprint density at radius 1 is 1.50 bits per heavy atom. The zero-order valence-corrected chi connectivity index (χ0v) is 11.7. The van der Waals surface area contributed by atoms with E-state index in [9.17, 15) is 4.79 Å². The van der Waals surface area contributed by atoms with Gasteiger partial charge in [-0.3, -0.25) is 9.69 Å². The maximum atomic E-state index is 10.6. The summed E-state index contributed by atoms with van der Waals surface area (Å²) in [5, 5.41) is 0. The summed E-state index contributed by atoms with van der Waals surface area (Å²) in [6.45, 7) is 2.28. The van der Waals surface area contributed by atoms with Crippen molar-refractivity contribution in [3.63, 3.8) is 0 Å². The fourth-order valence-corrected chi connectivity index (χ4v) is 1.95. The molecule has 0 N–H and O–H groups in total. The smallest absolute Gasteiger partial charge is 0.293 e. The molecule has 6 heteroatoms. The van der Waals surface area contributed by atoms with E-state index in [-0.39, 0.29) is 12.3 Å². The van der Waals surface area contributed by atoms with Gasteiger partial charge in [0, 0.05) is 25.2 Å². The van der Waals surface area contributed by atoms with E-state index >= 15 is 0 Å². The van der Waals surface area contributed by atoms with Gasteiger partial charge in [-0.25, -0.2) is 4.99 Å². The number of aldehydes is 1. The van der Waals surface area contributed by atoms with E-state index in [4.69, 9.17) is 9.47 Å². The Bertz CT molecular complexity index is 344. The van der Waals surface area contributed by atoms with Crippen LogP contribution in [0.2, 0.25) is 0 Å². The number of amidine groups is 1. The molecule has 0 aromatic carbocycles. The van der Waals surface area contributed by atoms with Gasteiger partial charge in [0.15, 0.2) is 0 Å². The Morgan fingerprint density at radius 3 is 2.83 bits per heavy atom. The number of ether oxygens (including phenoxy) is 2. The highest BCUT2D eigenvalue weighted by Gasteiger charge is 2.35. The average molecular weight is 275 g/mol. The van der Waals surface area contributed by atoms with E-state index in [1.807, 2.05) is 0 Å². The molecule has 0 amide bonds. The van der Waals surface area contributed by atoms with Crippen LogP contribution in [0.1, 0.15) is 19.8 Å². The van der Waals surface area contributed by atoms with E-state index < -0.39 is 0 Å². The van der Waals surface area contributed by atoms with Crippen molar-refractivity contribution in [2.24, 2.45) is 4.99 Å². The maximum Gasteiger partial charge on any atom is 0.293 e. The average Bonchev–Trinajstić information content (AvgIpc) is 2.80. The second-order valence-corrected chi connectivity index (χ2v) is 4.01. The summed E-state index contributed by atoms with van der Waals surface area (Å²) in [5.74, 6) is 0. The molecule has 2 rings (SSSR count). The highest BCUT2D eigenvalue weighted by Crippen LogP contribution is 2.27. The number of nitrogens with zero attached hydrogens (tertiary/aromatic N) is 2. The Morgan fingerprint density at radius 2 is 2.22 bits per heavy atom. The van der Waals surface area contributed by atoms with Crippen LogP contribution in [0.3, 0.4) is 0 Å². The lowest BCUT2D eigenvalue weighted by atomic mass is 10.2. The lowest BCUT2D eigenvalue weighted by molar-refractivity contribution is -0.104. The molecule has 2 aliphatic rings. The van der Waals surface area contributed by atoms with Gasteiger partial charge in [0.2, 0.25) is 0 Å². The molecule has 102 valence electrons. The molecule has 0 saturated carbocycles. The van der Waals surface area contributed by atoms with Gasteiger partial charge >= 0.3 is 0 Å². The van der Waals surface area contributed by atoms with Crippen molar-refractivity contribution >= 4 is 23.9 Å². The summed E-state index contributed by atoms with van der Waals surface area (Å²) in [7, 11) is 1.67. The second kappa shape index (κ2) is 7.38. The minimum absolute atomic E-state index is 0.0545. The van der Waals surface area contributed by atoms with Gasteiger partial charge in [0.1, 0.15) is 19.1 Å². The summed E-state index contributed by atoms with van der Waals surface area (Å²) in [6.07, 6.45) is 6.04. The predicted octanol–water partition coefficient (Wildman–Crippen LogP) is 1.77. The predicted molar refractivity (Wildman–Crippen MR) is 70.6 cm³/mol. The molecule has 2 bridgehead atoms. The number of fused-ring (bicyclic) bond motifs is 2. The number of rotatable bonds is 2. The standard InChI is InChI=1S/C11H16N2O3.CH3Cl/c1-8(6-14)5-13-10-4-3-9(16-10)7-15-11(13)12-2;1-2/h5-6,9-10H,3-4,7H2,1-2H3;1H3/b8-5-,12-11?;. The fourth-order valence-electron chi connectivity index (χ4n) is 1.95. The largest absolute Gasteiger partial charge is 0.462 e. The summed E-state index contributed by atoms with van der Waals surface area (Å²) >= 11 is 4.64. The van der Waals surface area contributed by atoms with Crippen LogP contribution in [-0.2, 0) is 14.3 Å². The first-order chi connectivity index (χ1) is 8.74. The molecule has 18 heavy (non-hydrogen) atoms. The van der Waals surface area contributed by atoms with E-state index in [1.54, 1.807) is 25.1 Å². The maximum absolute atomic E-state index is 10.6. The van der Waals surface area contributed by atoms with Crippen LogP contribution in [0.15, 0.2) is 16.8 Å². The van der Waals surface area contributed by atoms with Crippen molar-refractivity contribution in [2.45, 2.75) is 32.1 Å². The number of alkyl halides is 1. The van der Waals surface area contributed by atoms with Crippen LogP contribution < -0.4 is 0 Å². The van der Waals surface area contributed by atoms with E-state index in [0.29, 0.717) is 18.2 Å². The highest BCUT2D eigenvalue weighted by molar-refractivity contribution is 6.15. The van der Waals surface area contributed by atoms with Crippen LogP contribution in [0.25, 0.3) is 0 Å². The molecule has 0 aromatic rings. The summed E-state index contributed by atoms with van der Waals surface area (Å²) in [5.41, 5.74) is 0.624. The number of carbonyl (C=O) groups excluding carboxylic acids is 1. The summed E-state index contributed by atoms with van der Waals surface area (Å²) in [4.78, 5) is 16.5. The van der Waals surface area contributed by atoms with E-state index in [2.05, 4.69) is 16.6 Å². The molecule has 0 aliphatic carbocycles. The number of allylic oxidation sites excluding steroid dienone is 1. The minimum Gasteiger partial charge on any atom is -0.462 e. The lowest BCUT2D eigenvalue weighted by Gasteiger charge is -2.25. The van der Waals surface area contributed by atoms with Crippen molar-refractivity contribution in [3.05, 3.63) is 11.8 Å². The summed E-state index contributed by atoms with van der Waals surface area (Å²) in [6, 6.07) is 0.522. The monoisotopic (exact) mass is 274 g/mol. The van der Waals surface area contributed by atoms with Gasteiger partial charge in [0.25, 0.3) is 6.02 Å². The van der Waals surface area contributed by atoms with Crippen molar-refractivity contribution in [2.75, 3.05) is 20.0 Å². The summed E-state index contributed by atoms with van der Waals surface area (Å²) < 4.78 is 11.3.